The SMILES string of the molecule is Cc1c(O)cc(C(C)C)c(O)c1CC1=CC(=O)C(C(C)C)=CC1=O. The number of phenols is 2. The van der Waals surface area contributed by atoms with Crippen molar-refractivity contribution >= 4 is 11.6 Å². The molecule has 0 saturated carbocycles. The van der Waals surface area contributed by atoms with Gasteiger partial charge in [0.05, 0.1) is 0 Å². The zero-order valence-electron chi connectivity index (χ0n) is 14.8. The van der Waals surface area contributed by atoms with Crippen LogP contribution in [0.3, 0.4) is 0 Å². The monoisotopic (exact) mass is 328 g/mol. The Hall–Kier alpha value is -2.36. The topological polar surface area (TPSA) is 74.6 Å². The van der Waals surface area contributed by atoms with Crippen molar-refractivity contribution in [2.75, 3.05) is 0 Å². The number of ketones is 2. The molecule has 4 nitrogen and oxygen atoms in total. The molecule has 1 aromatic carbocycles. The fourth-order valence-corrected chi connectivity index (χ4v) is 2.88. The van der Waals surface area contributed by atoms with Gasteiger partial charge >= 0.3 is 0 Å². The van der Waals surface area contributed by atoms with E-state index in [1.165, 1.54) is 12.2 Å². The van der Waals surface area contributed by atoms with Crippen LogP contribution < -0.4 is 0 Å². The fraction of sp³-hybridized carbons (Fsp3) is 0.400. The van der Waals surface area contributed by atoms with Gasteiger partial charge in [-0.15, -0.1) is 0 Å². The lowest BCUT2D eigenvalue weighted by atomic mass is 9.85. The molecule has 0 bridgehead atoms. The van der Waals surface area contributed by atoms with Crippen molar-refractivity contribution in [2.45, 2.75) is 47.0 Å². The first-order valence-electron chi connectivity index (χ1n) is 8.18. The van der Waals surface area contributed by atoms with Crippen molar-refractivity contribution in [3.63, 3.8) is 0 Å². The first-order chi connectivity index (χ1) is 11.1. The van der Waals surface area contributed by atoms with Crippen LogP contribution in [0.4, 0.5) is 0 Å². The van der Waals surface area contributed by atoms with Crippen LogP contribution in [-0.4, -0.2) is 21.8 Å². The maximum absolute atomic E-state index is 12.3. The molecule has 1 aromatic rings. The van der Waals surface area contributed by atoms with Crippen LogP contribution >= 0.6 is 0 Å². The molecule has 0 unspecified atom stereocenters. The second-order valence-electron chi connectivity index (χ2n) is 6.92. The average molecular weight is 328 g/mol. The molecule has 4 heteroatoms. The Kier molecular flexibility index (Phi) is 4.97. The van der Waals surface area contributed by atoms with Crippen LogP contribution in [-0.2, 0) is 16.0 Å². The molecule has 0 heterocycles. The molecular weight excluding hydrogens is 304 g/mol. The summed E-state index contributed by atoms with van der Waals surface area (Å²) in [5.74, 6) is -0.198. The van der Waals surface area contributed by atoms with Gasteiger partial charge in [-0.3, -0.25) is 9.59 Å². The van der Waals surface area contributed by atoms with E-state index in [9.17, 15) is 19.8 Å². The predicted octanol–water partition coefficient (Wildman–Crippen LogP) is 3.73. The number of carbonyl (C=O) groups is 2. The quantitative estimate of drug-likeness (QED) is 0.652. The van der Waals surface area contributed by atoms with E-state index < -0.39 is 0 Å². The molecule has 0 radical (unpaired) electrons. The Morgan fingerprint density at radius 1 is 0.958 bits per heavy atom. The highest BCUT2D eigenvalue weighted by molar-refractivity contribution is 6.20. The number of hydrogen-bond acceptors (Lipinski definition) is 4. The van der Waals surface area contributed by atoms with Gasteiger partial charge < -0.3 is 10.2 Å². The lowest BCUT2D eigenvalue weighted by Crippen LogP contribution is -2.18. The normalized spacial score (nSPS) is 15.1. The van der Waals surface area contributed by atoms with Crippen molar-refractivity contribution in [3.05, 3.63) is 46.1 Å². The van der Waals surface area contributed by atoms with Gasteiger partial charge in [-0.1, -0.05) is 27.7 Å². The highest BCUT2D eigenvalue weighted by atomic mass is 16.3. The van der Waals surface area contributed by atoms with Crippen LogP contribution in [0.1, 0.15) is 50.3 Å². The van der Waals surface area contributed by atoms with Crippen LogP contribution in [0.25, 0.3) is 0 Å². The average Bonchev–Trinajstić information content (AvgIpc) is 2.49. The molecule has 24 heavy (non-hydrogen) atoms. The van der Waals surface area contributed by atoms with Crippen LogP contribution in [0, 0.1) is 12.8 Å². The molecule has 0 atom stereocenters. The molecule has 128 valence electrons. The van der Waals surface area contributed by atoms with E-state index in [0.717, 1.165) is 0 Å². The van der Waals surface area contributed by atoms with E-state index in [0.29, 0.717) is 27.8 Å². The smallest absolute Gasteiger partial charge is 0.182 e. The van der Waals surface area contributed by atoms with Crippen LogP contribution in [0.15, 0.2) is 29.4 Å². The standard InChI is InChI=1S/C20H24O4/c1-10(2)14-8-18(22)13(7-19(14)23)6-16-12(5)17(21)9-15(11(3)4)20(16)24/h7-11,21,24H,6H2,1-5H3. The second-order valence-corrected chi connectivity index (χ2v) is 6.92. The minimum Gasteiger partial charge on any atom is -0.508 e. The summed E-state index contributed by atoms with van der Waals surface area (Å²) in [6.07, 6.45) is 2.87. The van der Waals surface area contributed by atoms with Gasteiger partial charge in [0.1, 0.15) is 11.5 Å². The largest absolute Gasteiger partial charge is 0.508 e. The van der Waals surface area contributed by atoms with Gasteiger partial charge in [-0.2, -0.15) is 0 Å². The summed E-state index contributed by atoms with van der Waals surface area (Å²) >= 11 is 0. The highest BCUT2D eigenvalue weighted by Crippen LogP contribution is 2.38. The Balaban J connectivity index is 2.45. The van der Waals surface area contributed by atoms with Crippen molar-refractivity contribution < 1.29 is 19.8 Å². The Morgan fingerprint density at radius 2 is 1.58 bits per heavy atom. The molecule has 2 N–H and O–H groups in total. The number of aromatic hydroxyl groups is 2. The summed E-state index contributed by atoms with van der Waals surface area (Å²) < 4.78 is 0. The summed E-state index contributed by atoms with van der Waals surface area (Å²) in [6.45, 7) is 9.27. The Labute approximate surface area is 142 Å². The zero-order valence-corrected chi connectivity index (χ0v) is 14.8. The van der Waals surface area contributed by atoms with Gasteiger partial charge in [0.2, 0.25) is 0 Å². The Morgan fingerprint density at radius 3 is 2.12 bits per heavy atom. The van der Waals surface area contributed by atoms with E-state index in [-0.39, 0.29) is 41.3 Å². The molecule has 0 spiro atoms. The van der Waals surface area contributed by atoms with Crippen LogP contribution in [0.2, 0.25) is 0 Å². The molecule has 1 aliphatic carbocycles. The molecule has 0 amide bonds. The lowest BCUT2D eigenvalue weighted by molar-refractivity contribution is -0.115. The van der Waals surface area contributed by atoms with Gasteiger partial charge in [0, 0.05) is 28.7 Å². The van der Waals surface area contributed by atoms with Crippen molar-refractivity contribution in [3.8, 4) is 11.5 Å². The molecular formula is C20H24O4. The van der Waals surface area contributed by atoms with E-state index in [2.05, 4.69) is 0 Å². The van der Waals surface area contributed by atoms with Gasteiger partial charge in [-0.05, 0) is 42.5 Å². The van der Waals surface area contributed by atoms with E-state index in [4.69, 9.17) is 0 Å². The van der Waals surface area contributed by atoms with Crippen molar-refractivity contribution in [1.82, 2.24) is 0 Å². The minimum atomic E-state index is -0.216. The molecule has 2 rings (SSSR count). The summed E-state index contributed by atoms with van der Waals surface area (Å²) in [5, 5.41) is 20.7. The third kappa shape index (κ3) is 3.28. The molecule has 0 fully saturated rings. The van der Waals surface area contributed by atoms with Crippen molar-refractivity contribution in [1.29, 1.82) is 0 Å². The number of rotatable bonds is 4. The van der Waals surface area contributed by atoms with Gasteiger partial charge in [0.15, 0.2) is 11.6 Å². The number of allylic oxidation sites excluding steroid dienone is 4. The highest BCUT2D eigenvalue weighted by Gasteiger charge is 2.25. The van der Waals surface area contributed by atoms with Crippen molar-refractivity contribution in [2.24, 2.45) is 5.92 Å². The number of carbonyl (C=O) groups excluding carboxylic acids is 2. The zero-order chi connectivity index (χ0) is 18.2. The fourth-order valence-electron chi connectivity index (χ4n) is 2.88. The van der Waals surface area contributed by atoms with E-state index in [1.54, 1.807) is 13.0 Å². The van der Waals surface area contributed by atoms with E-state index >= 15 is 0 Å². The van der Waals surface area contributed by atoms with Gasteiger partial charge in [-0.25, -0.2) is 0 Å². The Bertz CT molecular complexity index is 764. The number of phenolic OH excluding ortho intramolecular Hbond substituents is 2. The molecule has 0 aliphatic heterocycles. The minimum absolute atomic E-state index is 0.0114. The molecule has 0 aromatic heterocycles. The van der Waals surface area contributed by atoms with Crippen LogP contribution in [0.5, 0.6) is 11.5 Å². The summed E-state index contributed by atoms with van der Waals surface area (Å²) in [7, 11) is 0. The third-order valence-electron chi connectivity index (χ3n) is 4.49. The number of benzene rings is 1. The molecule has 1 aliphatic rings. The maximum Gasteiger partial charge on any atom is 0.182 e. The van der Waals surface area contributed by atoms with E-state index in [1.807, 2.05) is 27.7 Å². The lowest BCUT2D eigenvalue weighted by Gasteiger charge is -2.19. The third-order valence-corrected chi connectivity index (χ3v) is 4.49. The molecule has 0 saturated heterocycles. The predicted molar refractivity (Wildman–Crippen MR) is 93.3 cm³/mol. The summed E-state index contributed by atoms with van der Waals surface area (Å²) in [5.41, 5.74) is 2.48. The maximum atomic E-state index is 12.3. The van der Waals surface area contributed by atoms with Gasteiger partial charge in [0.25, 0.3) is 0 Å². The summed E-state index contributed by atoms with van der Waals surface area (Å²) in [4.78, 5) is 24.5. The first-order valence-corrected chi connectivity index (χ1v) is 8.18. The number of hydrogen-bond donors (Lipinski definition) is 2. The first kappa shape index (κ1) is 18.0. The second kappa shape index (κ2) is 6.63. The summed E-state index contributed by atoms with van der Waals surface area (Å²) in [6, 6.07) is 1.55.